The first-order valence-corrected chi connectivity index (χ1v) is 6.63. The summed E-state index contributed by atoms with van der Waals surface area (Å²) in [6.07, 6.45) is 1.92. The minimum Gasteiger partial charge on any atom is -0.329 e. The van der Waals surface area contributed by atoms with Crippen molar-refractivity contribution in [3.8, 4) is 0 Å². The number of nitrogens with one attached hydrogen (secondary N) is 1. The fraction of sp³-hybridized carbons (Fsp3) is 1.00. The molecule has 0 saturated heterocycles. The molecule has 14 heavy (non-hydrogen) atoms. The molecule has 0 aliphatic rings. The number of rotatable bonds is 7. The first-order chi connectivity index (χ1) is 6.40. The standard InChI is InChI=1S/C9H22N2O2S/c1-8(2)5-4-6-11-14(12,13)9(3)7-10/h8-9,11H,4-7,10H2,1-3H3. The van der Waals surface area contributed by atoms with Gasteiger partial charge in [-0.25, -0.2) is 13.1 Å². The second-order valence-electron chi connectivity index (χ2n) is 4.02. The van der Waals surface area contributed by atoms with Gasteiger partial charge in [-0.15, -0.1) is 0 Å². The van der Waals surface area contributed by atoms with Gasteiger partial charge in [0.1, 0.15) is 0 Å². The molecule has 0 aromatic carbocycles. The topological polar surface area (TPSA) is 72.2 Å². The van der Waals surface area contributed by atoms with Gasteiger partial charge in [-0.3, -0.25) is 0 Å². The molecule has 86 valence electrons. The van der Waals surface area contributed by atoms with Gasteiger partial charge in [0.25, 0.3) is 0 Å². The zero-order chi connectivity index (χ0) is 11.2. The maximum Gasteiger partial charge on any atom is 0.215 e. The lowest BCUT2D eigenvalue weighted by Gasteiger charge is -2.12. The van der Waals surface area contributed by atoms with Gasteiger partial charge in [-0.1, -0.05) is 13.8 Å². The zero-order valence-corrected chi connectivity index (χ0v) is 10.1. The van der Waals surface area contributed by atoms with Crippen molar-refractivity contribution in [2.45, 2.75) is 38.9 Å². The quantitative estimate of drug-likeness (QED) is 0.622. The molecule has 0 heterocycles. The lowest BCUT2D eigenvalue weighted by molar-refractivity contribution is 0.535. The smallest absolute Gasteiger partial charge is 0.215 e. The molecule has 0 aliphatic heterocycles. The fourth-order valence-electron chi connectivity index (χ4n) is 0.994. The third-order valence-corrected chi connectivity index (χ3v) is 3.98. The lowest BCUT2D eigenvalue weighted by Crippen LogP contribution is -2.37. The molecule has 0 amide bonds. The minimum absolute atomic E-state index is 0.166. The Bertz CT molecular complexity index is 237. The van der Waals surface area contributed by atoms with Crippen molar-refractivity contribution in [1.82, 2.24) is 4.72 Å². The Labute approximate surface area is 87.3 Å². The Balaban J connectivity index is 3.78. The summed E-state index contributed by atoms with van der Waals surface area (Å²) in [7, 11) is -3.18. The molecule has 0 rings (SSSR count). The Kier molecular flexibility index (Phi) is 6.31. The van der Waals surface area contributed by atoms with Crippen LogP contribution in [0.25, 0.3) is 0 Å². The number of hydrogen-bond donors (Lipinski definition) is 2. The molecule has 0 aliphatic carbocycles. The summed E-state index contributed by atoms with van der Waals surface area (Å²) >= 11 is 0. The molecule has 1 atom stereocenters. The van der Waals surface area contributed by atoms with E-state index in [4.69, 9.17) is 5.73 Å². The van der Waals surface area contributed by atoms with E-state index in [9.17, 15) is 8.42 Å². The fourth-order valence-corrected chi connectivity index (χ4v) is 1.96. The monoisotopic (exact) mass is 222 g/mol. The molecular weight excluding hydrogens is 200 g/mol. The third-order valence-electron chi connectivity index (χ3n) is 2.12. The summed E-state index contributed by atoms with van der Waals surface area (Å²) < 4.78 is 25.4. The van der Waals surface area contributed by atoms with Crippen molar-refractivity contribution in [3.63, 3.8) is 0 Å². The minimum atomic E-state index is -3.18. The van der Waals surface area contributed by atoms with E-state index in [1.54, 1.807) is 6.92 Å². The zero-order valence-electron chi connectivity index (χ0n) is 9.29. The lowest BCUT2D eigenvalue weighted by atomic mass is 10.1. The molecule has 0 fully saturated rings. The van der Waals surface area contributed by atoms with E-state index >= 15 is 0 Å². The van der Waals surface area contributed by atoms with Crippen molar-refractivity contribution >= 4 is 10.0 Å². The van der Waals surface area contributed by atoms with E-state index in [0.717, 1.165) is 12.8 Å². The van der Waals surface area contributed by atoms with Crippen LogP contribution in [0.3, 0.4) is 0 Å². The van der Waals surface area contributed by atoms with Crippen molar-refractivity contribution < 1.29 is 8.42 Å². The van der Waals surface area contributed by atoms with Crippen LogP contribution < -0.4 is 10.5 Å². The molecule has 1 unspecified atom stereocenters. The average molecular weight is 222 g/mol. The highest BCUT2D eigenvalue weighted by molar-refractivity contribution is 7.90. The Morgan fingerprint density at radius 2 is 1.86 bits per heavy atom. The molecule has 0 spiro atoms. The third kappa shape index (κ3) is 5.57. The molecule has 4 nitrogen and oxygen atoms in total. The highest BCUT2D eigenvalue weighted by Gasteiger charge is 2.17. The molecule has 0 bridgehead atoms. The highest BCUT2D eigenvalue weighted by atomic mass is 32.2. The van der Waals surface area contributed by atoms with Crippen LogP contribution in [0, 0.1) is 5.92 Å². The summed E-state index contributed by atoms with van der Waals surface area (Å²) in [5.41, 5.74) is 5.29. The molecule has 0 saturated carbocycles. The average Bonchev–Trinajstić information content (AvgIpc) is 2.10. The van der Waals surface area contributed by atoms with Gasteiger partial charge in [0, 0.05) is 13.1 Å². The van der Waals surface area contributed by atoms with E-state index in [0.29, 0.717) is 12.5 Å². The first kappa shape index (κ1) is 13.9. The van der Waals surface area contributed by atoms with Crippen LogP contribution in [0.1, 0.15) is 33.6 Å². The number of nitrogens with two attached hydrogens (primary N) is 1. The van der Waals surface area contributed by atoms with Crippen LogP contribution in [-0.2, 0) is 10.0 Å². The van der Waals surface area contributed by atoms with E-state index < -0.39 is 15.3 Å². The SMILES string of the molecule is CC(C)CCCNS(=O)(=O)C(C)CN. The van der Waals surface area contributed by atoms with Crippen LogP contribution >= 0.6 is 0 Å². The summed E-state index contributed by atoms with van der Waals surface area (Å²) in [4.78, 5) is 0. The number of sulfonamides is 1. The Hall–Kier alpha value is -0.130. The molecule has 0 aromatic heterocycles. The van der Waals surface area contributed by atoms with Gasteiger partial charge in [0.2, 0.25) is 10.0 Å². The molecule has 3 N–H and O–H groups in total. The van der Waals surface area contributed by atoms with Gasteiger partial charge < -0.3 is 5.73 Å². The second-order valence-corrected chi connectivity index (χ2v) is 6.21. The summed E-state index contributed by atoms with van der Waals surface area (Å²) in [5, 5.41) is -0.499. The summed E-state index contributed by atoms with van der Waals surface area (Å²) in [6.45, 7) is 6.54. The summed E-state index contributed by atoms with van der Waals surface area (Å²) in [6, 6.07) is 0. The van der Waals surface area contributed by atoms with Gasteiger partial charge in [-0.2, -0.15) is 0 Å². The summed E-state index contributed by atoms with van der Waals surface area (Å²) in [5.74, 6) is 0.617. The maximum absolute atomic E-state index is 11.4. The van der Waals surface area contributed by atoms with E-state index in [1.165, 1.54) is 0 Å². The highest BCUT2D eigenvalue weighted by Crippen LogP contribution is 2.03. The van der Waals surface area contributed by atoms with Crippen molar-refractivity contribution in [1.29, 1.82) is 0 Å². The Morgan fingerprint density at radius 1 is 1.29 bits per heavy atom. The van der Waals surface area contributed by atoms with Crippen LogP contribution in [0.2, 0.25) is 0 Å². The first-order valence-electron chi connectivity index (χ1n) is 5.08. The van der Waals surface area contributed by atoms with Gasteiger partial charge in [0.15, 0.2) is 0 Å². The van der Waals surface area contributed by atoms with Crippen LogP contribution in [0.5, 0.6) is 0 Å². The van der Waals surface area contributed by atoms with Crippen LogP contribution in [0.4, 0.5) is 0 Å². The molecule has 0 aromatic rings. The number of hydrogen-bond acceptors (Lipinski definition) is 3. The predicted molar refractivity (Wildman–Crippen MR) is 59.5 cm³/mol. The van der Waals surface area contributed by atoms with Crippen LogP contribution in [-0.4, -0.2) is 26.8 Å². The van der Waals surface area contributed by atoms with Crippen molar-refractivity contribution in [2.24, 2.45) is 11.7 Å². The van der Waals surface area contributed by atoms with Crippen molar-refractivity contribution in [3.05, 3.63) is 0 Å². The van der Waals surface area contributed by atoms with Crippen molar-refractivity contribution in [2.75, 3.05) is 13.1 Å². The van der Waals surface area contributed by atoms with Gasteiger partial charge in [-0.05, 0) is 25.7 Å². The van der Waals surface area contributed by atoms with E-state index in [1.807, 2.05) is 0 Å². The largest absolute Gasteiger partial charge is 0.329 e. The molecular formula is C9H22N2O2S. The molecule has 5 heteroatoms. The van der Waals surface area contributed by atoms with Gasteiger partial charge >= 0.3 is 0 Å². The van der Waals surface area contributed by atoms with Gasteiger partial charge in [0.05, 0.1) is 5.25 Å². The Morgan fingerprint density at radius 3 is 2.29 bits per heavy atom. The van der Waals surface area contributed by atoms with Crippen LogP contribution in [0.15, 0.2) is 0 Å². The van der Waals surface area contributed by atoms with E-state index in [2.05, 4.69) is 18.6 Å². The predicted octanol–water partition coefficient (Wildman–Crippen LogP) is 0.689. The van der Waals surface area contributed by atoms with E-state index in [-0.39, 0.29) is 6.54 Å². The second kappa shape index (κ2) is 6.37. The molecule has 0 radical (unpaired) electrons. The maximum atomic E-state index is 11.4. The normalized spacial score (nSPS) is 14.6.